The zero-order chi connectivity index (χ0) is 46.7. The summed E-state index contributed by atoms with van der Waals surface area (Å²) in [7, 11) is 1.09. The van der Waals surface area contributed by atoms with Gasteiger partial charge in [-0.3, -0.25) is 19.5 Å². The smallest absolute Gasteiger partial charge is 0.306 e. The van der Waals surface area contributed by atoms with Crippen molar-refractivity contribution in [1.29, 1.82) is 0 Å². The fourth-order valence-electron chi connectivity index (χ4n) is 8.08. The van der Waals surface area contributed by atoms with E-state index in [4.69, 9.17) is 23.3 Å². The highest BCUT2D eigenvalue weighted by atomic mass is 31.2. The number of phosphoric acid groups is 1. The molecule has 0 saturated carbocycles. The van der Waals surface area contributed by atoms with Gasteiger partial charge in [-0.1, -0.05) is 113 Å². The van der Waals surface area contributed by atoms with E-state index in [2.05, 4.69) is 66.8 Å². The SMILES string of the molecule is CCCCCCCCCC(OCCCCc1ccc2ccc3cccc4ccc1c2c34)OCC(COP(=O)([O-])OCC[N+](C)(C)C)OC(=O)CCCCCNc1ccc(C)cc1[N+](=O)[O-]. The van der Waals surface area contributed by atoms with Gasteiger partial charge < -0.3 is 38.0 Å². The summed E-state index contributed by atoms with van der Waals surface area (Å²) in [6, 6.07) is 24.9. The number of aryl methyl sites for hydroxylation is 2. The molecule has 0 spiro atoms. The van der Waals surface area contributed by atoms with E-state index in [1.807, 2.05) is 27.2 Å². The van der Waals surface area contributed by atoms with E-state index in [0.717, 1.165) is 44.1 Å². The molecular weight excluding hydrogens is 846 g/mol. The first-order chi connectivity index (χ1) is 31.2. The maximum Gasteiger partial charge on any atom is 0.306 e. The first-order valence-electron chi connectivity index (χ1n) is 23.7. The van der Waals surface area contributed by atoms with Gasteiger partial charge in [-0.25, -0.2) is 0 Å². The molecule has 0 bridgehead atoms. The highest BCUT2D eigenvalue weighted by molar-refractivity contribution is 7.45. The summed E-state index contributed by atoms with van der Waals surface area (Å²) >= 11 is 0. The van der Waals surface area contributed by atoms with Crippen molar-refractivity contribution >= 4 is 57.5 Å². The maximum atomic E-state index is 13.1. The number of anilines is 1. The summed E-state index contributed by atoms with van der Waals surface area (Å²) < 4.78 is 42.1. The highest BCUT2D eigenvalue weighted by Crippen LogP contribution is 2.39. The van der Waals surface area contributed by atoms with Crippen LogP contribution < -0.4 is 10.2 Å². The lowest BCUT2D eigenvalue weighted by atomic mass is 9.91. The van der Waals surface area contributed by atoms with Crippen molar-refractivity contribution in [3.63, 3.8) is 0 Å². The molecule has 3 unspecified atom stereocenters. The van der Waals surface area contributed by atoms with Gasteiger partial charge in [0, 0.05) is 25.6 Å². The lowest BCUT2D eigenvalue weighted by molar-refractivity contribution is -0.870. The molecule has 5 aromatic rings. The van der Waals surface area contributed by atoms with Gasteiger partial charge in [0.1, 0.15) is 24.9 Å². The van der Waals surface area contributed by atoms with E-state index in [9.17, 15) is 24.4 Å². The van der Waals surface area contributed by atoms with E-state index in [-0.39, 0.29) is 25.3 Å². The number of phosphoric ester groups is 1. The molecule has 0 heterocycles. The Morgan fingerprint density at radius 2 is 1.46 bits per heavy atom. The van der Waals surface area contributed by atoms with E-state index in [0.29, 0.717) is 55.6 Å². The zero-order valence-electron chi connectivity index (χ0n) is 39.4. The molecule has 5 rings (SSSR count). The van der Waals surface area contributed by atoms with Crippen LogP contribution in [-0.4, -0.2) is 88.4 Å². The van der Waals surface area contributed by atoms with Gasteiger partial charge in [-0.15, -0.1) is 0 Å². The summed E-state index contributed by atoms with van der Waals surface area (Å²) in [5.74, 6) is -0.507. The molecule has 3 atom stereocenters. The van der Waals surface area contributed by atoms with Crippen LogP contribution in [0.2, 0.25) is 0 Å². The zero-order valence-corrected chi connectivity index (χ0v) is 40.3. The fraction of sp³-hybridized carbons (Fsp3) is 0.549. The number of nitrogens with zero attached hydrogens (tertiary/aromatic N) is 2. The van der Waals surface area contributed by atoms with Crippen LogP contribution in [0.1, 0.15) is 108 Å². The minimum atomic E-state index is -4.70. The number of ether oxygens (including phenoxy) is 3. The number of quaternary nitrogens is 1. The van der Waals surface area contributed by atoms with Gasteiger partial charge in [0.05, 0.1) is 39.3 Å². The van der Waals surface area contributed by atoms with Crippen LogP contribution in [-0.2, 0) is 39.0 Å². The van der Waals surface area contributed by atoms with Gasteiger partial charge in [-0.05, 0) is 101 Å². The first-order valence-corrected chi connectivity index (χ1v) is 25.2. The van der Waals surface area contributed by atoms with Gasteiger partial charge in [0.15, 0.2) is 6.29 Å². The molecule has 5 aromatic carbocycles. The standard InChI is InChI=1S/C51H72N3O10P/c1-6-7-8-9-10-11-14-23-49(60-34-17-15-19-40-25-26-43-28-27-41-20-18-21-42-29-30-45(40)51(43)50(41)42)61-37-44(38-63-65(58,59)62-35-33-54(3,4)5)64-48(55)22-13-12-16-32-52-46-31-24-39(2)36-47(46)53(56)57/h18,20-21,24-31,36,44,49,52H,6-17,19,22-23,32-35,37-38H2,1-5H3. The minimum Gasteiger partial charge on any atom is -0.756 e. The van der Waals surface area contributed by atoms with Gasteiger partial charge in [-0.2, -0.15) is 0 Å². The Labute approximate surface area is 385 Å². The van der Waals surface area contributed by atoms with E-state index in [1.165, 1.54) is 69.6 Å². The fourth-order valence-corrected chi connectivity index (χ4v) is 8.81. The Morgan fingerprint density at radius 3 is 2.20 bits per heavy atom. The highest BCUT2D eigenvalue weighted by Gasteiger charge is 2.23. The number of esters is 1. The van der Waals surface area contributed by atoms with Gasteiger partial charge in [0.25, 0.3) is 13.5 Å². The molecule has 0 aliphatic heterocycles. The third kappa shape index (κ3) is 17.5. The number of rotatable bonds is 33. The molecule has 0 radical (unpaired) electrons. The number of carbonyl (C=O) groups is 1. The third-order valence-electron chi connectivity index (χ3n) is 11.7. The van der Waals surface area contributed by atoms with Crippen LogP contribution in [0.5, 0.6) is 0 Å². The van der Waals surface area contributed by atoms with E-state index >= 15 is 0 Å². The van der Waals surface area contributed by atoms with Crippen molar-refractivity contribution < 1.29 is 46.9 Å². The van der Waals surface area contributed by atoms with Crippen molar-refractivity contribution in [3.8, 4) is 0 Å². The first kappa shape index (κ1) is 51.8. The molecule has 356 valence electrons. The second kappa shape index (κ2) is 26.2. The van der Waals surface area contributed by atoms with Crippen molar-refractivity contribution in [1.82, 2.24) is 0 Å². The van der Waals surface area contributed by atoms with Gasteiger partial charge in [0.2, 0.25) is 0 Å². The van der Waals surface area contributed by atoms with Crippen LogP contribution in [0.25, 0.3) is 32.3 Å². The van der Waals surface area contributed by atoms with Crippen LogP contribution >= 0.6 is 7.82 Å². The number of nitro groups is 1. The molecule has 0 aromatic heterocycles. The number of hydrogen-bond donors (Lipinski definition) is 1. The Hall–Kier alpha value is -4.20. The summed E-state index contributed by atoms with van der Waals surface area (Å²) in [5, 5.41) is 22.3. The molecule has 0 amide bonds. The van der Waals surface area contributed by atoms with Crippen molar-refractivity contribution in [2.45, 2.75) is 123 Å². The van der Waals surface area contributed by atoms with Crippen molar-refractivity contribution in [2.75, 3.05) is 66.0 Å². The average Bonchev–Trinajstić information content (AvgIpc) is 3.26. The Balaban J connectivity index is 1.15. The molecule has 1 N–H and O–H groups in total. The molecular formula is C51H72N3O10P. The van der Waals surface area contributed by atoms with Crippen molar-refractivity contribution in [3.05, 3.63) is 94.0 Å². The molecule has 0 aliphatic carbocycles. The lowest BCUT2D eigenvalue weighted by Gasteiger charge is -2.29. The van der Waals surface area contributed by atoms with E-state index in [1.54, 1.807) is 13.0 Å². The molecule has 0 aliphatic rings. The topological polar surface area (TPSA) is 159 Å². The van der Waals surface area contributed by atoms with Crippen LogP contribution in [0.4, 0.5) is 11.4 Å². The predicted molar refractivity (Wildman–Crippen MR) is 258 cm³/mol. The quantitative estimate of drug-likeness (QED) is 0.00624. The predicted octanol–water partition coefficient (Wildman–Crippen LogP) is 11.4. The number of hydrogen-bond acceptors (Lipinski definition) is 11. The number of nitro benzene ring substituents is 1. The van der Waals surface area contributed by atoms with Crippen LogP contribution in [0, 0.1) is 17.0 Å². The van der Waals surface area contributed by atoms with Crippen LogP contribution in [0.15, 0.2) is 72.8 Å². The molecule has 13 nitrogen and oxygen atoms in total. The summed E-state index contributed by atoms with van der Waals surface area (Å²) in [6.45, 7) is 4.81. The Kier molecular flexibility index (Phi) is 20.9. The summed E-state index contributed by atoms with van der Waals surface area (Å²) in [4.78, 5) is 37.0. The third-order valence-corrected chi connectivity index (χ3v) is 12.7. The monoisotopic (exact) mass is 917 g/mol. The maximum absolute atomic E-state index is 13.1. The summed E-state index contributed by atoms with van der Waals surface area (Å²) in [5.41, 5.74) is 2.60. The molecule has 14 heteroatoms. The Bertz CT molecular complexity index is 2260. The number of unbranched alkanes of at least 4 members (excludes halogenated alkanes) is 9. The molecule has 0 saturated heterocycles. The second-order valence-electron chi connectivity index (χ2n) is 18.3. The second-order valence-corrected chi connectivity index (χ2v) is 19.7. The number of benzene rings is 5. The molecule has 0 fully saturated rings. The normalized spacial score (nSPS) is 13.9. The number of likely N-dealkylation sites (N-methyl/N-ethyl adjacent to an activating group) is 1. The average molecular weight is 918 g/mol. The van der Waals surface area contributed by atoms with Crippen LogP contribution in [0.3, 0.4) is 0 Å². The number of carbonyl (C=O) groups excluding carboxylic acids is 1. The van der Waals surface area contributed by atoms with E-state index < -0.39 is 37.7 Å². The minimum absolute atomic E-state index is 0.0245. The van der Waals surface area contributed by atoms with Gasteiger partial charge >= 0.3 is 5.97 Å². The summed E-state index contributed by atoms with van der Waals surface area (Å²) in [6.07, 6.45) is 11.6. The largest absolute Gasteiger partial charge is 0.756 e. The lowest BCUT2D eigenvalue weighted by Crippen LogP contribution is -2.37. The van der Waals surface area contributed by atoms with Crippen molar-refractivity contribution in [2.24, 2.45) is 0 Å². The molecule has 65 heavy (non-hydrogen) atoms. The number of nitrogens with one attached hydrogen (secondary N) is 1. The Morgan fingerprint density at radius 1 is 0.769 bits per heavy atom.